The molecule has 0 spiro atoms. The maximum Gasteiger partial charge on any atom is 0.321 e. The number of nitrogens with zero attached hydrogens (tertiary/aromatic N) is 1. The molecule has 0 aromatic heterocycles. The summed E-state index contributed by atoms with van der Waals surface area (Å²) in [7, 11) is 0. The number of amides is 2. The van der Waals surface area contributed by atoms with Crippen LogP contribution in [-0.2, 0) is 4.79 Å². The summed E-state index contributed by atoms with van der Waals surface area (Å²) in [5.41, 5.74) is 0.832. The summed E-state index contributed by atoms with van der Waals surface area (Å²) in [5.74, 6) is -0.855. The van der Waals surface area contributed by atoms with Crippen LogP contribution in [0, 0.1) is 12.3 Å². The van der Waals surface area contributed by atoms with E-state index in [0.717, 1.165) is 15.7 Å². The van der Waals surface area contributed by atoms with E-state index in [0.29, 0.717) is 13.0 Å². The molecule has 1 aromatic carbocycles. The molecule has 1 saturated heterocycles. The Morgan fingerprint density at radius 2 is 2.15 bits per heavy atom. The minimum Gasteiger partial charge on any atom is -0.481 e. The van der Waals surface area contributed by atoms with Crippen LogP contribution in [0.15, 0.2) is 22.7 Å². The van der Waals surface area contributed by atoms with Crippen molar-refractivity contribution in [3.63, 3.8) is 0 Å². The number of anilines is 1. The first-order valence-electron chi connectivity index (χ1n) is 6.38. The van der Waals surface area contributed by atoms with E-state index in [2.05, 4.69) is 21.2 Å². The molecule has 6 heteroatoms. The van der Waals surface area contributed by atoms with Gasteiger partial charge in [0.15, 0.2) is 0 Å². The van der Waals surface area contributed by atoms with Crippen molar-refractivity contribution in [1.29, 1.82) is 0 Å². The van der Waals surface area contributed by atoms with Crippen LogP contribution in [0.2, 0.25) is 0 Å². The van der Waals surface area contributed by atoms with Gasteiger partial charge in [-0.15, -0.1) is 0 Å². The minimum absolute atomic E-state index is 0.237. The standard InChI is InChI=1S/C14H17BrN2O3/c1-9-10(15)4-3-5-11(9)16-13(20)17-7-6-14(2,8-17)12(18)19/h3-5H,6-8H2,1-2H3,(H,16,20)(H,18,19). The first-order valence-corrected chi connectivity index (χ1v) is 7.17. The number of rotatable bonds is 2. The number of nitrogens with one attached hydrogen (secondary N) is 1. The molecular formula is C14H17BrN2O3. The van der Waals surface area contributed by atoms with Crippen LogP contribution in [-0.4, -0.2) is 35.1 Å². The van der Waals surface area contributed by atoms with Gasteiger partial charge in [-0.3, -0.25) is 4.79 Å². The molecule has 0 aliphatic carbocycles. The monoisotopic (exact) mass is 340 g/mol. The summed E-state index contributed by atoms with van der Waals surface area (Å²) in [6, 6.07) is 5.32. The molecule has 1 aromatic rings. The summed E-state index contributed by atoms with van der Waals surface area (Å²) >= 11 is 3.41. The summed E-state index contributed by atoms with van der Waals surface area (Å²) in [5, 5.41) is 12.0. The van der Waals surface area contributed by atoms with Crippen LogP contribution in [0.3, 0.4) is 0 Å². The van der Waals surface area contributed by atoms with Crippen molar-refractivity contribution in [1.82, 2.24) is 4.90 Å². The Morgan fingerprint density at radius 1 is 1.45 bits per heavy atom. The average Bonchev–Trinajstić information content (AvgIpc) is 2.79. The molecule has 1 fully saturated rings. The van der Waals surface area contributed by atoms with Gasteiger partial charge >= 0.3 is 12.0 Å². The van der Waals surface area contributed by atoms with Crippen molar-refractivity contribution in [2.24, 2.45) is 5.41 Å². The predicted octanol–water partition coefficient (Wildman–Crippen LogP) is 3.09. The Labute approximate surface area is 126 Å². The van der Waals surface area contributed by atoms with E-state index in [4.69, 9.17) is 0 Å². The maximum absolute atomic E-state index is 12.2. The largest absolute Gasteiger partial charge is 0.481 e. The third kappa shape index (κ3) is 2.80. The topological polar surface area (TPSA) is 69.6 Å². The highest BCUT2D eigenvalue weighted by Gasteiger charge is 2.42. The zero-order valence-electron chi connectivity index (χ0n) is 11.4. The first kappa shape index (κ1) is 14.8. The molecule has 1 aliphatic heterocycles. The van der Waals surface area contributed by atoms with Crippen molar-refractivity contribution >= 4 is 33.6 Å². The number of carboxylic acids is 1. The number of halogens is 1. The summed E-state index contributed by atoms with van der Waals surface area (Å²) < 4.78 is 0.923. The van der Waals surface area contributed by atoms with Gasteiger partial charge < -0.3 is 15.3 Å². The molecule has 5 nitrogen and oxygen atoms in total. The van der Waals surface area contributed by atoms with Gasteiger partial charge in [-0.05, 0) is 38.0 Å². The normalized spacial score (nSPS) is 21.9. The number of urea groups is 1. The number of hydrogen-bond acceptors (Lipinski definition) is 2. The lowest BCUT2D eigenvalue weighted by Gasteiger charge is -2.21. The fraction of sp³-hybridized carbons (Fsp3) is 0.429. The zero-order valence-corrected chi connectivity index (χ0v) is 13.0. The second kappa shape index (κ2) is 5.44. The molecule has 0 radical (unpaired) electrons. The number of carboxylic acid groups (broad SMARTS) is 1. The van der Waals surface area contributed by atoms with Gasteiger partial charge in [0.05, 0.1) is 5.41 Å². The van der Waals surface area contributed by atoms with Gasteiger partial charge in [0.1, 0.15) is 0 Å². The van der Waals surface area contributed by atoms with Crippen LogP contribution in [0.5, 0.6) is 0 Å². The molecule has 108 valence electrons. The Hall–Kier alpha value is -1.56. The fourth-order valence-corrected chi connectivity index (χ4v) is 2.61. The second-order valence-electron chi connectivity index (χ2n) is 5.38. The molecule has 1 aliphatic rings. The van der Waals surface area contributed by atoms with Crippen molar-refractivity contribution in [2.75, 3.05) is 18.4 Å². The van der Waals surface area contributed by atoms with Crippen molar-refractivity contribution in [2.45, 2.75) is 20.3 Å². The number of carbonyl (C=O) groups excluding carboxylic acids is 1. The van der Waals surface area contributed by atoms with Crippen molar-refractivity contribution in [3.8, 4) is 0 Å². The molecule has 0 saturated carbocycles. The quantitative estimate of drug-likeness (QED) is 0.869. The maximum atomic E-state index is 12.2. The van der Waals surface area contributed by atoms with E-state index in [1.807, 2.05) is 25.1 Å². The average molecular weight is 341 g/mol. The zero-order chi connectivity index (χ0) is 14.9. The van der Waals surface area contributed by atoms with E-state index in [1.54, 1.807) is 11.8 Å². The molecule has 2 rings (SSSR count). The Kier molecular flexibility index (Phi) is 4.04. The number of aliphatic carboxylic acids is 1. The van der Waals surface area contributed by atoms with Crippen LogP contribution < -0.4 is 5.32 Å². The van der Waals surface area contributed by atoms with Gasteiger partial charge in [0, 0.05) is 23.2 Å². The molecule has 0 bridgehead atoms. The molecule has 1 heterocycles. The molecule has 2 amide bonds. The molecule has 1 atom stereocenters. The van der Waals surface area contributed by atoms with E-state index < -0.39 is 11.4 Å². The lowest BCUT2D eigenvalue weighted by molar-refractivity contribution is -0.146. The minimum atomic E-state index is -0.855. The van der Waals surface area contributed by atoms with Gasteiger partial charge in [0.2, 0.25) is 0 Å². The predicted molar refractivity (Wildman–Crippen MR) is 79.8 cm³/mol. The number of benzene rings is 1. The molecule has 1 unspecified atom stereocenters. The summed E-state index contributed by atoms with van der Waals surface area (Å²) in [6.45, 7) is 4.28. The Morgan fingerprint density at radius 3 is 2.75 bits per heavy atom. The lowest BCUT2D eigenvalue weighted by Crippen LogP contribution is -2.37. The SMILES string of the molecule is Cc1c(Br)cccc1NC(=O)N1CCC(C)(C(=O)O)C1. The van der Waals surface area contributed by atoms with E-state index in [-0.39, 0.29) is 12.6 Å². The summed E-state index contributed by atoms with van der Waals surface area (Å²) in [6.07, 6.45) is 0.479. The molecule has 20 heavy (non-hydrogen) atoms. The highest BCUT2D eigenvalue weighted by Crippen LogP contribution is 2.31. The first-order chi connectivity index (χ1) is 9.33. The van der Waals surface area contributed by atoms with Crippen LogP contribution >= 0.6 is 15.9 Å². The summed E-state index contributed by atoms with van der Waals surface area (Å²) in [4.78, 5) is 24.9. The Balaban J connectivity index is 2.07. The van der Waals surface area contributed by atoms with E-state index in [9.17, 15) is 14.7 Å². The Bertz CT molecular complexity index is 561. The van der Waals surface area contributed by atoms with Gasteiger partial charge in [-0.25, -0.2) is 4.79 Å². The number of likely N-dealkylation sites (tertiary alicyclic amines) is 1. The molecular weight excluding hydrogens is 324 g/mol. The van der Waals surface area contributed by atoms with Crippen molar-refractivity contribution < 1.29 is 14.7 Å². The highest BCUT2D eigenvalue weighted by atomic mass is 79.9. The fourth-order valence-electron chi connectivity index (χ4n) is 2.25. The van der Waals surface area contributed by atoms with Crippen molar-refractivity contribution in [3.05, 3.63) is 28.2 Å². The van der Waals surface area contributed by atoms with Gasteiger partial charge in [0.25, 0.3) is 0 Å². The highest BCUT2D eigenvalue weighted by molar-refractivity contribution is 9.10. The van der Waals surface area contributed by atoms with Gasteiger partial charge in [-0.1, -0.05) is 22.0 Å². The van der Waals surface area contributed by atoms with Crippen LogP contribution in [0.1, 0.15) is 18.9 Å². The van der Waals surface area contributed by atoms with E-state index >= 15 is 0 Å². The molecule has 2 N–H and O–H groups in total. The number of carbonyl (C=O) groups is 2. The third-order valence-electron chi connectivity index (χ3n) is 3.79. The van der Waals surface area contributed by atoms with Gasteiger partial charge in [-0.2, -0.15) is 0 Å². The van der Waals surface area contributed by atoms with E-state index in [1.165, 1.54) is 0 Å². The second-order valence-corrected chi connectivity index (χ2v) is 6.23. The van der Waals surface area contributed by atoms with Crippen LogP contribution in [0.4, 0.5) is 10.5 Å². The lowest BCUT2D eigenvalue weighted by atomic mass is 9.90. The third-order valence-corrected chi connectivity index (χ3v) is 4.65. The van der Waals surface area contributed by atoms with Crippen LogP contribution in [0.25, 0.3) is 0 Å². The number of hydrogen-bond donors (Lipinski definition) is 2. The smallest absolute Gasteiger partial charge is 0.321 e.